The zero-order chi connectivity index (χ0) is 21.6. The number of nitrogens with zero attached hydrogens (tertiary/aromatic N) is 5. The average molecular weight is 424 g/mol. The summed E-state index contributed by atoms with van der Waals surface area (Å²) in [5.41, 5.74) is 8.91. The molecule has 30 heavy (non-hydrogen) atoms. The third-order valence-electron chi connectivity index (χ3n) is 5.08. The lowest BCUT2D eigenvalue weighted by Gasteiger charge is -2.20. The number of benzene rings is 1. The van der Waals surface area contributed by atoms with Gasteiger partial charge in [0.25, 0.3) is 5.88 Å². The zero-order valence-corrected chi connectivity index (χ0v) is 17.6. The molecule has 0 amide bonds. The fourth-order valence-electron chi connectivity index (χ4n) is 3.58. The molecule has 2 bridgehead atoms. The number of sulfone groups is 1. The molecule has 154 valence electrons. The average Bonchev–Trinajstić information content (AvgIpc) is 3.02. The van der Waals surface area contributed by atoms with Crippen LogP contribution in [0.15, 0.2) is 29.3 Å². The maximum atomic E-state index is 13.2. The number of aryl methyl sites for hydroxylation is 3. The van der Waals surface area contributed by atoms with Crippen LogP contribution in [0, 0.1) is 18.3 Å². The number of nitrogen functional groups attached to an aromatic ring is 1. The van der Waals surface area contributed by atoms with E-state index in [0.29, 0.717) is 22.5 Å². The number of nitrogens with two attached hydrogens (primary N) is 1. The van der Waals surface area contributed by atoms with Gasteiger partial charge in [-0.2, -0.15) is 10.4 Å². The molecular formula is C20H20N6O3S. The summed E-state index contributed by atoms with van der Waals surface area (Å²) in [5, 5.41) is 14.0. The quantitative estimate of drug-likeness (QED) is 0.579. The Hall–Kier alpha value is -3.45. The van der Waals surface area contributed by atoms with Crippen molar-refractivity contribution in [2.75, 3.05) is 11.5 Å². The molecule has 0 spiro atoms. The summed E-state index contributed by atoms with van der Waals surface area (Å²) in [6.07, 6.45) is 0.925. The number of hydrogen-bond donors (Lipinski definition) is 1. The van der Waals surface area contributed by atoms with E-state index in [2.05, 4.69) is 21.1 Å². The molecule has 1 aliphatic heterocycles. The van der Waals surface area contributed by atoms with Gasteiger partial charge in [0.15, 0.2) is 15.7 Å². The Bertz CT molecular complexity index is 1310. The lowest BCUT2D eigenvalue weighted by Crippen LogP contribution is -2.17. The molecular weight excluding hydrogens is 404 g/mol. The van der Waals surface area contributed by atoms with Gasteiger partial charge in [-0.15, -0.1) is 0 Å². The first-order valence-electron chi connectivity index (χ1n) is 9.30. The van der Waals surface area contributed by atoms with Crippen molar-refractivity contribution in [1.29, 1.82) is 5.26 Å². The van der Waals surface area contributed by atoms with Crippen molar-refractivity contribution < 1.29 is 13.2 Å². The van der Waals surface area contributed by atoms with Gasteiger partial charge in [0.05, 0.1) is 33.8 Å². The summed E-state index contributed by atoms with van der Waals surface area (Å²) < 4.78 is 33.8. The van der Waals surface area contributed by atoms with Gasteiger partial charge in [-0.1, -0.05) is 17.7 Å². The number of nitriles is 1. The van der Waals surface area contributed by atoms with Gasteiger partial charge >= 0.3 is 0 Å². The van der Waals surface area contributed by atoms with Crippen LogP contribution in [0.2, 0.25) is 0 Å². The molecule has 0 aliphatic carbocycles. The molecule has 0 fully saturated rings. The molecule has 10 heteroatoms. The lowest BCUT2D eigenvalue weighted by atomic mass is 10.1. The van der Waals surface area contributed by atoms with Crippen molar-refractivity contribution in [2.24, 2.45) is 7.05 Å². The topological polar surface area (TPSA) is 137 Å². The van der Waals surface area contributed by atoms with Crippen LogP contribution in [0.5, 0.6) is 5.88 Å². The normalized spacial score (nSPS) is 17.5. The number of anilines is 1. The van der Waals surface area contributed by atoms with E-state index in [4.69, 9.17) is 10.5 Å². The summed E-state index contributed by atoms with van der Waals surface area (Å²) >= 11 is 0. The van der Waals surface area contributed by atoms with Crippen LogP contribution in [0.1, 0.15) is 35.5 Å². The standard InChI is InChI=1S/C20H20N6O3S/c1-11-4-5-17-13(8-11)12(2)29-20-19(22)23-10-15(24-20)18-14(6-7-30(17,27)28)25-26(3)16(18)9-21/h4-5,8,10,12H,6-7H2,1-3H3,(H2,22,23)/t12-/m1/s1. The van der Waals surface area contributed by atoms with E-state index in [-0.39, 0.29) is 34.5 Å². The summed E-state index contributed by atoms with van der Waals surface area (Å²) in [4.78, 5) is 8.86. The molecule has 0 saturated carbocycles. The highest BCUT2D eigenvalue weighted by molar-refractivity contribution is 7.91. The lowest BCUT2D eigenvalue weighted by molar-refractivity contribution is 0.215. The molecule has 1 aromatic carbocycles. The van der Waals surface area contributed by atoms with Gasteiger partial charge in [-0.05, 0) is 19.9 Å². The smallest absolute Gasteiger partial charge is 0.258 e. The predicted octanol–water partition coefficient (Wildman–Crippen LogP) is 2.11. The second-order valence-corrected chi connectivity index (χ2v) is 9.30. The maximum Gasteiger partial charge on any atom is 0.258 e. The Morgan fingerprint density at radius 3 is 2.87 bits per heavy atom. The van der Waals surface area contributed by atoms with Crippen LogP contribution in [0.25, 0.3) is 11.3 Å². The fourth-order valence-corrected chi connectivity index (χ4v) is 5.12. The minimum absolute atomic E-state index is 0.0728. The van der Waals surface area contributed by atoms with E-state index >= 15 is 0 Å². The first-order valence-corrected chi connectivity index (χ1v) is 11.0. The third kappa shape index (κ3) is 3.27. The van der Waals surface area contributed by atoms with E-state index in [9.17, 15) is 13.7 Å². The molecule has 0 radical (unpaired) electrons. The largest absolute Gasteiger partial charge is 0.467 e. The van der Waals surface area contributed by atoms with Crippen LogP contribution in [-0.2, 0) is 23.3 Å². The van der Waals surface area contributed by atoms with Crippen LogP contribution in [-0.4, -0.2) is 33.9 Å². The highest BCUT2D eigenvalue weighted by Gasteiger charge is 2.28. The molecule has 9 nitrogen and oxygen atoms in total. The van der Waals surface area contributed by atoms with E-state index in [1.807, 2.05) is 6.92 Å². The maximum absolute atomic E-state index is 13.2. The van der Waals surface area contributed by atoms with Crippen LogP contribution in [0.4, 0.5) is 5.82 Å². The molecule has 4 rings (SSSR count). The molecule has 3 aromatic rings. The molecule has 0 saturated heterocycles. The van der Waals surface area contributed by atoms with Gasteiger partial charge < -0.3 is 10.5 Å². The minimum Gasteiger partial charge on any atom is -0.467 e. The zero-order valence-electron chi connectivity index (χ0n) is 16.7. The van der Waals surface area contributed by atoms with Gasteiger partial charge in [0.2, 0.25) is 0 Å². The Labute approximate surface area is 174 Å². The van der Waals surface area contributed by atoms with E-state index in [0.717, 1.165) is 5.56 Å². The summed E-state index contributed by atoms with van der Waals surface area (Å²) in [7, 11) is -2.02. The summed E-state index contributed by atoms with van der Waals surface area (Å²) in [6, 6.07) is 7.24. The van der Waals surface area contributed by atoms with E-state index in [1.165, 1.54) is 10.9 Å². The fraction of sp³-hybridized carbons (Fsp3) is 0.300. The van der Waals surface area contributed by atoms with Crippen LogP contribution in [0.3, 0.4) is 0 Å². The predicted molar refractivity (Wildman–Crippen MR) is 109 cm³/mol. The second kappa shape index (κ2) is 7.11. The number of aromatic nitrogens is 4. The number of ether oxygens (including phenoxy) is 1. The first-order chi connectivity index (χ1) is 14.2. The molecule has 1 aliphatic rings. The van der Waals surface area contributed by atoms with Crippen LogP contribution >= 0.6 is 0 Å². The van der Waals surface area contributed by atoms with Gasteiger partial charge in [0.1, 0.15) is 17.9 Å². The Kier molecular flexibility index (Phi) is 4.70. The second-order valence-electron chi connectivity index (χ2n) is 7.22. The van der Waals surface area contributed by atoms with Crippen molar-refractivity contribution in [3.63, 3.8) is 0 Å². The van der Waals surface area contributed by atoms with Crippen molar-refractivity contribution in [3.8, 4) is 23.2 Å². The molecule has 3 heterocycles. The van der Waals surface area contributed by atoms with Crippen molar-refractivity contribution in [1.82, 2.24) is 19.7 Å². The van der Waals surface area contributed by atoms with Gasteiger partial charge in [0, 0.05) is 19.0 Å². The summed E-state index contributed by atoms with van der Waals surface area (Å²) in [5.74, 6) is -0.0206. The van der Waals surface area contributed by atoms with Gasteiger partial charge in [-0.3, -0.25) is 4.68 Å². The number of fused-ring (bicyclic) bond motifs is 5. The van der Waals surface area contributed by atoms with Gasteiger partial charge in [-0.25, -0.2) is 18.4 Å². The minimum atomic E-state index is -3.64. The molecule has 2 N–H and O–H groups in total. The SMILES string of the molecule is Cc1ccc2c(c1)[C@@H](C)Oc1nc(cnc1N)-c1c(nn(C)c1C#N)CCS2(=O)=O. The summed E-state index contributed by atoms with van der Waals surface area (Å²) in [6.45, 7) is 3.62. The first kappa shape index (κ1) is 19.8. The Balaban J connectivity index is 1.99. The number of hydrogen-bond acceptors (Lipinski definition) is 8. The highest BCUT2D eigenvalue weighted by Crippen LogP contribution is 2.34. The third-order valence-corrected chi connectivity index (χ3v) is 6.87. The molecule has 1 atom stereocenters. The van der Waals surface area contributed by atoms with Crippen LogP contribution < -0.4 is 10.5 Å². The number of rotatable bonds is 0. The Morgan fingerprint density at radius 1 is 1.37 bits per heavy atom. The Morgan fingerprint density at radius 2 is 2.13 bits per heavy atom. The molecule has 0 unspecified atom stereocenters. The van der Waals surface area contributed by atoms with E-state index < -0.39 is 15.9 Å². The molecule has 2 aromatic heterocycles. The highest BCUT2D eigenvalue weighted by atomic mass is 32.2. The van der Waals surface area contributed by atoms with E-state index in [1.54, 1.807) is 32.2 Å². The monoisotopic (exact) mass is 424 g/mol. The van der Waals surface area contributed by atoms with Crippen molar-refractivity contribution >= 4 is 15.7 Å². The van der Waals surface area contributed by atoms with Crippen molar-refractivity contribution in [2.45, 2.75) is 31.3 Å². The van der Waals surface area contributed by atoms with Crippen molar-refractivity contribution in [3.05, 3.63) is 46.9 Å².